The van der Waals surface area contributed by atoms with E-state index in [2.05, 4.69) is 0 Å². The molecular formula is C6H11NO3. The second-order valence-corrected chi connectivity index (χ2v) is 2.52. The molecule has 0 aliphatic carbocycles. The van der Waals surface area contributed by atoms with E-state index in [0.29, 0.717) is 13.2 Å². The molecule has 0 amide bonds. The summed E-state index contributed by atoms with van der Waals surface area (Å²) in [4.78, 5) is 5.01. The third-order valence-corrected chi connectivity index (χ3v) is 1.43. The molecular weight excluding hydrogens is 134 g/mol. The highest BCUT2D eigenvalue weighted by Gasteiger charge is 2.24. The van der Waals surface area contributed by atoms with Crippen LogP contribution in [-0.4, -0.2) is 38.6 Å². The van der Waals surface area contributed by atoms with Crippen molar-refractivity contribution in [2.75, 3.05) is 26.4 Å². The summed E-state index contributed by atoms with van der Waals surface area (Å²) in [5, 5.41) is 0. The average molecular weight is 146 g/mol. The fourth-order valence-electron chi connectivity index (χ4n) is 0.609. The van der Waals surface area contributed by atoms with E-state index in [4.69, 9.17) is 15.7 Å². The van der Waals surface area contributed by atoms with Crippen LogP contribution in [0.25, 0.3) is 0 Å². The van der Waals surface area contributed by atoms with Gasteiger partial charge >= 0.3 is 0 Å². The van der Waals surface area contributed by atoms with Crippen LogP contribution in [0.4, 0.5) is 0 Å². The molecule has 2 atom stereocenters. The maximum atomic E-state index is 7.24. The lowest BCUT2D eigenvalue weighted by molar-refractivity contribution is 0.0276. The molecule has 58 valence electrons. The van der Waals surface area contributed by atoms with Crippen LogP contribution in [0, 0.1) is 0 Å². The first-order chi connectivity index (χ1) is 5.34. The van der Waals surface area contributed by atoms with E-state index < -0.39 is 0 Å². The highest BCUT2D eigenvalue weighted by molar-refractivity contribution is 4.70. The van der Waals surface area contributed by atoms with Crippen LogP contribution < -0.4 is 5.47 Å². The van der Waals surface area contributed by atoms with E-state index in [1.807, 2.05) is 0 Å². The minimum absolute atomic E-state index is 0.215. The predicted octanol–water partition coefficient (Wildman–Crippen LogP) is -0.695. The van der Waals surface area contributed by atoms with Crippen molar-refractivity contribution in [3.63, 3.8) is 0 Å². The Morgan fingerprint density at radius 1 is 1.50 bits per heavy atom. The van der Waals surface area contributed by atoms with E-state index >= 15 is 0 Å². The van der Waals surface area contributed by atoms with Gasteiger partial charge in [-0.15, -0.1) is 0 Å². The van der Waals surface area contributed by atoms with Crippen LogP contribution in [0.15, 0.2) is 0 Å². The summed E-state index contributed by atoms with van der Waals surface area (Å²) in [6.07, 6.45) is 0.440. The molecule has 10 heavy (non-hydrogen) atoms. The molecule has 0 spiro atoms. The van der Waals surface area contributed by atoms with Gasteiger partial charge in [-0.2, -0.15) is 5.47 Å². The van der Waals surface area contributed by atoms with Gasteiger partial charge in [0.1, 0.15) is 6.10 Å². The van der Waals surface area contributed by atoms with E-state index in [9.17, 15) is 0 Å². The Balaban J connectivity index is 1.52. The smallest absolute Gasteiger partial charge is 0.155 e. The second kappa shape index (κ2) is 2.84. The topological polar surface area (TPSA) is 46.3 Å². The monoisotopic (exact) mass is 146 g/mol. The zero-order valence-electron chi connectivity index (χ0n) is 6.66. The summed E-state index contributed by atoms with van der Waals surface area (Å²) in [6, 6.07) is 0. The summed E-state index contributed by atoms with van der Waals surface area (Å²) in [7, 11) is 0. The first-order valence-corrected chi connectivity index (χ1v) is 3.47. The van der Waals surface area contributed by atoms with Crippen molar-refractivity contribution in [1.29, 1.82) is 0 Å². The van der Waals surface area contributed by atoms with E-state index in [1.54, 1.807) is 0 Å². The number of nitrogens with one attached hydrogen (secondary N) is 1. The number of ether oxygens (including phenoxy) is 2. The number of hydrogen-bond acceptors (Lipinski definition) is 4. The Hall–Kier alpha value is -0.160. The van der Waals surface area contributed by atoms with Gasteiger partial charge in [0, 0.05) is 6.54 Å². The van der Waals surface area contributed by atoms with Crippen molar-refractivity contribution < 1.29 is 15.7 Å². The van der Waals surface area contributed by atoms with Crippen LogP contribution in [0.2, 0.25) is 1.41 Å². The van der Waals surface area contributed by atoms with Gasteiger partial charge in [-0.1, -0.05) is 0 Å². The molecule has 0 radical (unpaired) electrons. The summed E-state index contributed by atoms with van der Waals surface area (Å²) in [5.41, 5.74) is 1.07. The molecule has 2 fully saturated rings. The van der Waals surface area contributed by atoms with Crippen LogP contribution >= 0.6 is 0 Å². The quantitative estimate of drug-likeness (QED) is 0.412. The molecule has 2 saturated heterocycles. The predicted molar refractivity (Wildman–Crippen MR) is 33.4 cm³/mol. The minimum atomic E-state index is 0.215. The molecule has 0 bridgehead atoms. The molecule has 2 aliphatic heterocycles. The third kappa shape index (κ3) is 2.22. The molecule has 1 N–H and O–H groups in total. The lowest BCUT2D eigenvalue weighted by Crippen LogP contribution is -2.22. The number of hydrogen-bond donors (Lipinski definition) is 1. The van der Waals surface area contributed by atoms with Gasteiger partial charge in [0.2, 0.25) is 0 Å². The van der Waals surface area contributed by atoms with E-state index in [0.717, 1.165) is 18.7 Å². The highest BCUT2D eigenvalue weighted by atomic mass is 16.7. The fourth-order valence-corrected chi connectivity index (χ4v) is 0.609. The Morgan fingerprint density at radius 2 is 2.20 bits per heavy atom. The molecule has 2 heterocycles. The van der Waals surface area contributed by atoms with Crippen molar-refractivity contribution in [2.24, 2.45) is 0 Å². The van der Waals surface area contributed by atoms with Crippen LogP contribution in [0.1, 0.15) is 0 Å². The van der Waals surface area contributed by atoms with Crippen molar-refractivity contribution >= 4 is 0 Å². The average Bonchev–Trinajstić information content (AvgIpc) is 2.80. The van der Waals surface area contributed by atoms with Gasteiger partial charge in [-0.3, -0.25) is 4.84 Å². The molecule has 0 aromatic rings. The number of hydroxylamine groups is 1. The molecule has 2 unspecified atom stereocenters. The van der Waals surface area contributed by atoms with Crippen molar-refractivity contribution in [2.45, 2.75) is 12.2 Å². The van der Waals surface area contributed by atoms with E-state index in [-0.39, 0.29) is 12.2 Å². The zero-order chi connectivity index (χ0) is 7.68. The molecule has 2 aliphatic rings. The molecule has 0 aromatic carbocycles. The van der Waals surface area contributed by atoms with Crippen LogP contribution in [0.3, 0.4) is 0 Å². The third-order valence-electron chi connectivity index (χ3n) is 1.43. The van der Waals surface area contributed by atoms with Gasteiger partial charge in [-0.05, 0) is 0 Å². The van der Waals surface area contributed by atoms with E-state index in [1.165, 1.54) is 0 Å². The molecule has 0 saturated carbocycles. The summed E-state index contributed by atoms with van der Waals surface area (Å²) in [5.74, 6) is 0. The van der Waals surface area contributed by atoms with Crippen molar-refractivity contribution in [1.82, 2.24) is 5.47 Å². The van der Waals surface area contributed by atoms with Gasteiger partial charge in [0.25, 0.3) is 0 Å². The van der Waals surface area contributed by atoms with Crippen LogP contribution in [-0.2, 0) is 14.3 Å². The largest absolute Gasteiger partial charge is 0.372 e. The van der Waals surface area contributed by atoms with Gasteiger partial charge in [-0.25, -0.2) is 0 Å². The molecule has 4 heteroatoms. The molecule has 2 rings (SSSR count). The lowest BCUT2D eigenvalue weighted by Gasteiger charge is -1.99. The second-order valence-electron chi connectivity index (χ2n) is 2.52. The molecule has 4 nitrogen and oxygen atoms in total. The Morgan fingerprint density at radius 3 is 2.80 bits per heavy atom. The van der Waals surface area contributed by atoms with Crippen molar-refractivity contribution in [3.05, 3.63) is 0 Å². The van der Waals surface area contributed by atoms with Crippen LogP contribution in [0.5, 0.6) is 0 Å². The summed E-state index contributed by atoms with van der Waals surface area (Å²) >= 11 is 0. The normalized spacial score (nSPS) is 37.9. The molecule has 0 aromatic heterocycles. The summed E-state index contributed by atoms with van der Waals surface area (Å²) < 4.78 is 17.1. The highest BCUT2D eigenvalue weighted by Crippen LogP contribution is 2.08. The zero-order valence-corrected chi connectivity index (χ0v) is 5.66. The maximum Gasteiger partial charge on any atom is 0.155 e. The SMILES string of the molecule is [2H]N(CC1CO1)OCC1CO1. The lowest BCUT2D eigenvalue weighted by atomic mass is 10.5. The van der Waals surface area contributed by atoms with Gasteiger partial charge in [0.05, 0.1) is 25.9 Å². The Kier molecular flexibility index (Phi) is 1.56. The number of epoxide rings is 2. The maximum absolute atomic E-state index is 7.24. The number of rotatable bonds is 5. The fraction of sp³-hybridized carbons (Fsp3) is 1.00. The standard InChI is InChI=1S/C6H11NO3/c1(5-2-8-5)7-10-4-6-3-9-6/h5-7H,1-4H2/i/hD. The first-order valence-electron chi connectivity index (χ1n) is 3.92. The van der Waals surface area contributed by atoms with Crippen molar-refractivity contribution in [3.8, 4) is 0 Å². The van der Waals surface area contributed by atoms with Gasteiger partial charge in [0.15, 0.2) is 1.41 Å². The minimum Gasteiger partial charge on any atom is -0.372 e. The Labute approximate surface area is 60.9 Å². The summed E-state index contributed by atoms with van der Waals surface area (Å²) in [6.45, 7) is 2.56. The first kappa shape index (κ1) is 5.49. The Bertz CT molecular complexity index is 138. The van der Waals surface area contributed by atoms with Gasteiger partial charge < -0.3 is 9.47 Å².